The van der Waals surface area contributed by atoms with E-state index in [0.29, 0.717) is 18.5 Å². The van der Waals surface area contributed by atoms with Gasteiger partial charge < -0.3 is 4.74 Å². The third-order valence-electron chi connectivity index (χ3n) is 5.70. The van der Waals surface area contributed by atoms with E-state index in [0.717, 1.165) is 33.7 Å². The van der Waals surface area contributed by atoms with Gasteiger partial charge >= 0.3 is 0 Å². The molecule has 5 heteroatoms. The molecule has 0 N–H and O–H groups in total. The van der Waals surface area contributed by atoms with Crippen LogP contribution in [0.5, 0.6) is 5.75 Å². The molecule has 5 rings (SSSR count). The summed E-state index contributed by atoms with van der Waals surface area (Å²) in [6, 6.07) is 26.6. The highest BCUT2D eigenvalue weighted by atomic mass is 32.1. The Bertz CT molecular complexity index is 1420. The molecule has 3 aromatic carbocycles. The Balaban J connectivity index is 1.34. The Morgan fingerprint density at radius 3 is 2.33 bits per heavy atom. The second-order valence-corrected chi connectivity index (χ2v) is 8.89. The molecule has 0 aliphatic rings. The van der Waals surface area contributed by atoms with E-state index in [-0.39, 0.29) is 5.56 Å². The van der Waals surface area contributed by atoms with Gasteiger partial charge in [0.25, 0.3) is 5.56 Å². The van der Waals surface area contributed by atoms with E-state index in [1.165, 1.54) is 22.5 Å². The summed E-state index contributed by atoms with van der Waals surface area (Å²) in [5.74, 6) is 0.848. The highest BCUT2D eigenvalue weighted by Gasteiger charge is 2.13. The number of aromatic nitrogens is 2. The molecule has 0 spiro atoms. The zero-order valence-corrected chi connectivity index (χ0v) is 19.2. The maximum Gasteiger partial charge on any atom is 0.262 e. The summed E-state index contributed by atoms with van der Waals surface area (Å²) in [4.78, 5) is 18.6. The number of ether oxygens (including phenoxy) is 1. The van der Waals surface area contributed by atoms with Crippen LogP contribution in [0, 0.1) is 6.92 Å². The molecule has 2 aromatic heterocycles. The van der Waals surface area contributed by atoms with Crippen molar-refractivity contribution in [3.8, 4) is 28.0 Å². The summed E-state index contributed by atoms with van der Waals surface area (Å²) in [5.41, 5.74) is 5.50. The van der Waals surface area contributed by atoms with Gasteiger partial charge in [-0.05, 0) is 42.2 Å². The van der Waals surface area contributed by atoms with Crippen molar-refractivity contribution >= 4 is 21.6 Å². The van der Waals surface area contributed by atoms with E-state index in [9.17, 15) is 4.79 Å². The van der Waals surface area contributed by atoms with Crippen LogP contribution in [-0.4, -0.2) is 16.2 Å². The summed E-state index contributed by atoms with van der Waals surface area (Å²) in [6.45, 7) is 3.16. The normalized spacial score (nSPS) is 11.1. The van der Waals surface area contributed by atoms with E-state index in [1.807, 2.05) is 47.8 Å². The van der Waals surface area contributed by atoms with Gasteiger partial charge in [0.1, 0.15) is 10.6 Å². The van der Waals surface area contributed by atoms with E-state index < -0.39 is 0 Å². The van der Waals surface area contributed by atoms with Crippen molar-refractivity contribution in [3.05, 3.63) is 106 Å². The molecule has 0 aliphatic heterocycles. The average molecular weight is 453 g/mol. The molecule has 0 saturated carbocycles. The first kappa shape index (κ1) is 21.2. The first-order valence-electron chi connectivity index (χ1n) is 11.0. The van der Waals surface area contributed by atoms with Gasteiger partial charge in [0.2, 0.25) is 0 Å². The van der Waals surface area contributed by atoms with Crippen LogP contribution in [0.15, 0.2) is 95.4 Å². The molecule has 2 heterocycles. The number of hydrogen-bond donors (Lipinski definition) is 0. The maximum atomic E-state index is 13.3. The molecule has 0 fully saturated rings. The number of thiophene rings is 1. The molecule has 0 saturated heterocycles. The first-order valence-corrected chi connectivity index (χ1v) is 11.9. The molecule has 0 aliphatic carbocycles. The smallest absolute Gasteiger partial charge is 0.262 e. The first-order chi connectivity index (χ1) is 16.2. The average Bonchev–Trinajstić information content (AvgIpc) is 3.30. The van der Waals surface area contributed by atoms with Gasteiger partial charge in [-0.3, -0.25) is 9.36 Å². The Morgan fingerprint density at radius 2 is 1.58 bits per heavy atom. The quantitative estimate of drug-likeness (QED) is 0.262. The Hall–Kier alpha value is -3.70. The molecule has 33 heavy (non-hydrogen) atoms. The lowest BCUT2D eigenvalue weighted by molar-refractivity contribution is 0.301. The van der Waals surface area contributed by atoms with Gasteiger partial charge in [0, 0.05) is 17.5 Å². The number of nitrogens with zero attached hydrogens (tertiary/aromatic N) is 2. The third kappa shape index (κ3) is 4.59. The number of aryl methyl sites for hydroxylation is 2. The maximum absolute atomic E-state index is 13.3. The molecular formula is C28H24N2O2S. The van der Waals surface area contributed by atoms with E-state index in [1.54, 1.807) is 10.9 Å². The number of hydrogen-bond acceptors (Lipinski definition) is 4. The molecule has 5 aromatic rings. The molecule has 0 amide bonds. The fourth-order valence-electron chi connectivity index (χ4n) is 3.87. The lowest BCUT2D eigenvalue weighted by Gasteiger charge is -2.09. The van der Waals surface area contributed by atoms with Gasteiger partial charge in [-0.25, -0.2) is 4.98 Å². The van der Waals surface area contributed by atoms with E-state index in [2.05, 4.69) is 48.3 Å². The zero-order chi connectivity index (χ0) is 22.6. The third-order valence-corrected chi connectivity index (χ3v) is 6.58. The van der Waals surface area contributed by atoms with Gasteiger partial charge in [0.15, 0.2) is 0 Å². The van der Waals surface area contributed by atoms with Crippen LogP contribution in [0.2, 0.25) is 0 Å². The molecule has 0 bridgehead atoms. The summed E-state index contributed by atoms with van der Waals surface area (Å²) >= 11 is 1.51. The Kier molecular flexibility index (Phi) is 6.05. The molecule has 0 atom stereocenters. The fourth-order valence-corrected chi connectivity index (χ4v) is 4.78. The minimum absolute atomic E-state index is 0.00118. The summed E-state index contributed by atoms with van der Waals surface area (Å²) < 4.78 is 7.49. The molecular weight excluding hydrogens is 428 g/mol. The van der Waals surface area contributed by atoms with Gasteiger partial charge in [-0.1, -0.05) is 72.3 Å². The Morgan fingerprint density at radius 1 is 0.879 bits per heavy atom. The highest BCUT2D eigenvalue weighted by Crippen LogP contribution is 2.32. The van der Waals surface area contributed by atoms with Crippen LogP contribution in [-0.2, 0) is 6.54 Å². The molecule has 0 radical (unpaired) electrons. The van der Waals surface area contributed by atoms with E-state index >= 15 is 0 Å². The van der Waals surface area contributed by atoms with Gasteiger partial charge in [-0.15, -0.1) is 11.3 Å². The van der Waals surface area contributed by atoms with Crippen molar-refractivity contribution < 1.29 is 4.74 Å². The fraction of sp³-hybridized carbons (Fsp3) is 0.143. The van der Waals surface area contributed by atoms with Crippen molar-refractivity contribution in [2.75, 3.05) is 6.61 Å². The van der Waals surface area contributed by atoms with Gasteiger partial charge in [0.05, 0.1) is 18.3 Å². The lowest BCUT2D eigenvalue weighted by Crippen LogP contribution is -2.21. The van der Waals surface area contributed by atoms with Crippen LogP contribution in [0.25, 0.3) is 32.5 Å². The highest BCUT2D eigenvalue weighted by molar-refractivity contribution is 7.17. The van der Waals surface area contributed by atoms with Crippen molar-refractivity contribution in [2.24, 2.45) is 0 Å². The predicted octanol–water partition coefficient (Wildman–Crippen LogP) is 6.57. The lowest BCUT2D eigenvalue weighted by atomic mass is 10.0. The second-order valence-electron chi connectivity index (χ2n) is 8.03. The van der Waals surface area contributed by atoms with Crippen molar-refractivity contribution in [1.82, 2.24) is 9.55 Å². The summed E-state index contributed by atoms with van der Waals surface area (Å²) in [7, 11) is 0. The monoisotopic (exact) mass is 452 g/mol. The predicted molar refractivity (Wildman–Crippen MR) is 136 cm³/mol. The van der Waals surface area contributed by atoms with Crippen LogP contribution < -0.4 is 10.3 Å². The van der Waals surface area contributed by atoms with Crippen molar-refractivity contribution in [1.29, 1.82) is 0 Å². The number of fused-ring (bicyclic) bond motifs is 1. The van der Waals surface area contributed by atoms with Crippen LogP contribution in [0.1, 0.15) is 12.0 Å². The van der Waals surface area contributed by atoms with Crippen molar-refractivity contribution in [3.63, 3.8) is 0 Å². The van der Waals surface area contributed by atoms with Gasteiger partial charge in [-0.2, -0.15) is 0 Å². The second kappa shape index (κ2) is 9.43. The summed E-state index contributed by atoms with van der Waals surface area (Å²) in [5, 5.41) is 2.72. The van der Waals surface area contributed by atoms with Crippen molar-refractivity contribution in [2.45, 2.75) is 19.9 Å². The van der Waals surface area contributed by atoms with E-state index in [4.69, 9.17) is 4.74 Å². The Labute approximate surface area is 196 Å². The van der Waals surface area contributed by atoms with Crippen LogP contribution in [0.4, 0.5) is 0 Å². The zero-order valence-electron chi connectivity index (χ0n) is 18.4. The SMILES string of the molecule is Cc1ccc(OCCCn2cnc3scc(-c4ccc(-c5ccccc5)cc4)c3c2=O)cc1. The molecule has 4 nitrogen and oxygen atoms in total. The minimum atomic E-state index is -0.00118. The largest absolute Gasteiger partial charge is 0.494 e. The van der Waals surface area contributed by atoms with Crippen LogP contribution >= 0.6 is 11.3 Å². The summed E-state index contributed by atoms with van der Waals surface area (Å²) in [6.07, 6.45) is 2.38. The number of rotatable bonds is 7. The standard InChI is InChI=1S/C28H24N2O2S/c1-20-8-14-24(15-9-20)32-17-5-16-30-19-29-27-26(28(30)31)25(18-33-27)23-12-10-22(11-13-23)21-6-3-2-4-7-21/h2-4,6-15,18-19H,5,16-17H2,1H3. The number of benzene rings is 3. The molecule has 0 unspecified atom stereocenters. The topological polar surface area (TPSA) is 44.1 Å². The van der Waals surface area contributed by atoms with Crippen LogP contribution in [0.3, 0.4) is 0 Å². The molecule has 164 valence electrons. The minimum Gasteiger partial charge on any atom is -0.494 e.